The van der Waals surface area contributed by atoms with Gasteiger partial charge in [0.15, 0.2) is 0 Å². The van der Waals surface area contributed by atoms with Crippen molar-refractivity contribution in [1.82, 2.24) is 5.32 Å². The van der Waals surface area contributed by atoms with E-state index >= 15 is 0 Å². The number of hydrogen-bond acceptors (Lipinski definition) is 2. The molecular weight excluding hydrogens is 320 g/mol. The highest BCUT2D eigenvalue weighted by Gasteiger charge is 2.34. The third kappa shape index (κ3) is 4.21. The topological polar surface area (TPSA) is 15.3 Å². The SMILES string of the molecule is Fc1cc(N2CCCC(NC3CCCCC3)C2)ccc1C(F)(F)F. The van der Waals surface area contributed by atoms with Crippen molar-refractivity contribution in [2.24, 2.45) is 0 Å². The summed E-state index contributed by atoms with van der Waals surface area (Å²) in [6.07, 6.45) is 3.62. The van der Waals surface area contributed by atoms with Crippen LogP contribution in [0.2, 0.25) is 0 Å². The summed E-state index contributed by atoms with van der Waals surface area (Å²) in [5, 5.41) is 3.69. The van der Waals surface area contributed by atoms with Gasteiger partial charge in [-0.15, -0.1) is 0 Å². The van der Waals surface area contributed by atoms with Crippen LogP contribution >= 0.6 is 0 Å². The molecule has 1 aliphatic carbocycles. The van der Waals surface area contributed by atoms with Crippen molar-refractivity contribution in [1.29, 1.82) is 0 Å². The average Bonchev–Trinajstić information content (AvgIpc) is 2.55. The van der Waals surface area contributed by atoms with Gasteiger partial charge in [0.25, 0.3) is 0 Å². The fraction of sp³-hybridized carbons (Fsp3) is 0.667. The number of hydrogen-bond donors (Lipinski definition) is 1. The van der Waals surface area contributed by atoms with E-state index in [-0.39, 0.29) is 0 Å². The fourth-order valence-corrected chi connectivity index (χ4v) is 3.88. The maximum absolute atomic E-state index is 13.8. The van der Waals surface area contributed by atoms with Crippen LogP contribution in [0.15, 0.2) is 18.2 Å². The van der Waals surface area contributed by atoms with E-state index in [0.717, 1.165) is 38.1 Å². The first-order valence-corrected chi connectivity index (χ1v) is 8.81. The normalized spacial score (nSPS) is 23.5. The first-order valence-electron chi connectivity index (χ1n) is 8.81. The lowest BCUT2D eigenvalue weighted by atomic mass is 9.93. The van der Waals surface area contributed by atoms with Gasteiger partial charge in [-0.1, -0.05) is 19.3 Å². The van der Waals surface area contributed by atoms with E-state index in [4.69, 9.17) is 0 Å². The minimum atomic E-state index is -4.64. The molecular formula is C18H24F4N2. The van der Waals surface area contributed by atoms with E-state index in [9.17, 15) is 17.6 Å². The van der Waals surface area contributed by atoms with E-state index in [1.807, 2.05) is 4.90 Å². The predicted molar refractivity (Wildman–Crippen MR) is 86.6 cm³/mol. The van der Waals surface area contributed by atoms with Crippen LogP contribution in [0.5, 0.6) is 0 Å². The van der Waals surface area contributed by atoms with Gasteiger partial charge in [0, 0.05) is 30.9 Å². The molecule has 6 heteroatoms. The molecule has 1 aromatic carbocycles. The summed E-state index contributed by atoms with van der Waals surface area (Å²) in [4.78, 5) is 1.99. The van der Waals surface area contributed by atoms with Gasteiger partial charge in [0.2, 0.25) is 0 Å². The van der Waals surface area contributed by atoms with E-state index in [0.29, 0.717) is 17.8 Å². The van der Waals surface area contributed by atoms with Gasteiger partial charge in [-0.25, -0.2) is 4.39 Å². The number of anilines is 1. The molecule has 1 heterocycles. The van der Waals surface area contributed by atoms with Crippen molar-refractivity contribution in [2.75, 3.05) is 18.0 Å². The number of halogens is 4. The maximum atomic E-state index is 13.8. The summed E-state index contributed by atoms with van der Waals surface area (Å²) in [7, 11) is 0. The van der Waals surface area contributed by atoms with Crippen molar-refractivity contribution in [3.8, 4) is 0 Å². The smallest absolute Gasteiger partial charge is 0.370 e. The van der Waals surface area contributed by atoms with Crippen LogP contribution in [0, 0.1) is 5.82 Å². The van der Waals surface area contributed by atoms with Gasteiger partial charge in [0.1, 0.15) is 5.82 Å². The Morgan fingerprint density at radius 2 is 1.67 bits per heavy atom. The van der Waals surface area contributed by atoms with Crippen LogP contribution in [-0.4, -0.2) is 25.2 Å². The van der Waals surface area contributed by atoms with Crippen LogP contribution in [0.3, 0.4) is 0 Å². The van der Waals surface area contributed by atoms with Crippen molar-refractivity contribution in [3.05, 3.63) is 29.6 Å². The van der Waals surface area contributed by atoms with E-state index in [1.165, 1.54) is 38.2 Å². The third-order valence-electron chi connectivity index (χ3n) is 5.12. The highest BCUT2D eigenvalue weighted by molar-refractivity contribution is 5.49. The van der Waals surface area contributed by atoms with Crippen LogP contribution < -0.4 is 10.2 Å². The molecule has 0 bridgehead atoms. The number of nitrogens with zero attached hydrogens (tertiary/aromatic N) is 1. The monoisotopic (exact) mass is 344 g/mol. The lowest BCUT2D eigenvalue weighted by molar-refractivity contribution is -0.139. The van der Waals surface area contributed by atoms with Crippen LogP contribution in [-0.2, 0) is 6.18 Å². The third-order valence-corrected chi connectivity index (χ3v) is 5.12. The van der Waals surface area contributed by atoms with E-state index in [1.54, 1.807) is 0 Å². The fourth-order valence-electron chi connectivity index (χ4n) is 3.88. The lowest BCUT2D eigenvalue weighted by Gasteiger charge is -2.37. The molecule has 1 atom stereocenters. The number of piperidine rings is 1. The van der Waals surface area contributed by atoms with E-state index in [2.05, 4.69) is 5.32 Å². The van der Waals surface area contributed by atoms with Gasteiger partial charge >= 0.3 is 6.18 Å². The molecule has 2 aliphatic rings. The van der Waals surface area contributed by atoms with Crippen molar-refractivity contribution < 1.29 is 17.6 Å². The summed E-state index contributed by atoms with van der Waals surface area (Å²) < 4.78 is 51.9. The molecule has 1 saturated carbocycles. The molecule has 1 aromatic rings. The van der Waals surface area contributed by atoms with Gasteiger partial charge in [-0.05, 0) is 43.9 Å². The highest BCUT2D eigenvalue weighted by atomic mass is 19.4. The lowest BCUT2D eigenvalue weighted by Crippen LogP contribution is -2.49. The number of nitrogens with one attached hydrogen (secondary N) is 1. The summed E-state index contributed by atoms with van der Waals surface area (Å²) in [6.45, 7) is 1.48. The van der Waals surface area contributed by atoms with Crippen molar-refractivity contribution >= 4 is 5.69 Å². The zero-order chi connectivity index (χ0) is 17.2. The maximum Gasteiger partial charge on any atom is 0.419 e. The molecule has 134 valence electrons. The average molecular weight is 344 g/mol. The highest BCUT2D eigenvalue weighted by Crippen LogP contribution is 2.33. The number of alkyl halides is 3. The molecule has 3 rings (SSSR count). The Morgan fingerprint density at radius 3 is 2.33 bits per heavy atom. The quantitative estimate of drug-likeness (QED) is 0.797. The molecule has 0 aromatic heterocycles. The first kappa shape index (κ1) is 17.5. The molecule has 0 spiro atoms. The summed E-state index contributed by atoms with van der Waals surface area (Å²) in [5.74, 6) is -1.19. The van der Waals surface area contributed by atoms with Gasteiger partial charge in [-0.2, -0.15) is 13.2 Å². The molecule has 0 amide bonds. The molecule has 1 unspecified atom stereocenters. The summed E-state index contributed by atoms with van der Waals surface area (Å²) in [6, 6.07) is 4.13. The minimum Gasteiger partial charge on any atom is -0.370 e. The number of rotatable bonds is 3. The molecule has 2 fully saturated rings. The molecule has 1 N–H and O–H groups in total. The second-order valence-electron chi connectivity index (χ2n) is 6.95. The van der Waals surface area contributed by atoms with E-state index < -0.39 is 17.6 Å². The van der Waals surface area contributed by atoms with Crippen LogP contribution in [0.25, 0.3) is 0 Å². The van der Waals surface area contributed by atoms with Gasteiger partial charge in [-0.3, -0.25) is 0 Å². The van der Waals surface area contributed by atoms with Crippen molar-refractivity contribution in [2.45, 2.75) is 63.2 Å². The Kier molecular flexibility index (Phi) is 5.33. The largest absolute Gasteiger partial charge is 0.419 e. The molecule has 0 radical (unpaired) electrons. The first-order chi connectivity index (χ1) is 11.4. The van der Waals surface area contributed by atoms with Gasteiger partial charge < -0.3 is 10.2 Å². The summed E-state index contributed by atoms with van der Waals surface area (Å²) >= 11 is 0. The van der Waals surface area contributed by atoms with Gasteiger partial charge in [0.05, 0.1) is 5.56 Å². The number of benzene rings is 1. The molecule has 24 heavy (non-hydrogen) atoms. The Labute approximate surface area is 140 Å². The van der Waals surface area contributed by atoms with Crippen LogP contribution in [0.1, 0.15) is 50.5 Å². The second-order valence-corrected chi connectivity index (χ2v) is 6.95. The predicted octanol–water partition coefficient (Wildman–Crippen LogP) is 4.74. The van der Waals surface area contributed by atoms with Crippen molar-refractivity contribution in [3.63, 3.8) is 0 Å². The Bertz CT molecular complexity index is 552. The zero-order valence-electron chi connectivity index (χ0n) is 13.7. The molecule has 1 aliphatic heterocycles. The summed E-state index contributed by atoms with van der Waals surface area (Å²) in [5.41, 5.74) is -0.657. The Hall–Kier alpha value is -1.30. The van der Waals surface area contributed by atoms with Crippen LogP contribution in [0.4, 0.5) is 23.2 Å². The molecule has 1 saturated heterocycles. The Balaban J connectivity index is 1.65. The molecule has 2 nitrogen and oxygen atoms in total. The second kappa shape index (κ2) is 7.30. The minimum absolute atomic E-state index is 0.326. The Morgan fingerprint density at radius 1 is 0.958 bits per heavy atom. The standard InChI is InChI=1S/C18H24F4N2/c19-17-11-15(8-9-16(17)18(20,21)22)24-10-4-7-14(12-24)23-13-5-2-1-3-6-13/h8-9,11,13-14,23H,1-7,10,12H2. The zero-order valence-corrected chi connectivity index (χ0v) is 13.7.